The Kier molecular flexibility index (Phi) is 5.38. The van der Waals surface area contributed by atoms with Gasteiger partial charge in [0.2, 0.25) is 0 Å². The molecule has 0 unspecified atom stereocenters. The summed E-state index contributed by atoms with van der Waals surface area (Å²) in [6.45, 7) is 7.85. The molecule has 134 valence electrons. The quantitative estimate of drug-likeness (QED) is 0.272. The smallest absolute Gasteiger partial charge is 0.263 e. The van der Waals surface area contributed by atoms with Crippen molar-refractivity contribution in [3.63, 3.8) is 0 Å². The molecule has 0 N–H and O–H groups in total. The highest BCUT2D eigenvalue weighted by molar-refractivity contribution is 7.99. The van der Waals surface area contributed by atoms with Crippen LogP contribution in [0, 0.1) is 19.7 Å². The number of rotatable bonds is 6. The van der Waals surface area contributed by atoms with Crippen molar-refractivity contribution in [2.75, 3.05) is 5.75 Å². The molecular formula is C19H17FN2O2S2. The summed E-state index contributed by atoms with van der Waals surface area (Å²) in [5.74, 6) is -0.889. The number of nitrogens with zero attached hydrogens (tertiary/aromatic N) is 2. The van der Waals surface area contributed by atoms with Crippen LogP contribution in [0.1, 0.15) is 20.8 Å². The maximum Gasteiger partial charge on any atom is 0.263 e. The lowest BCUT2D eigenvalue weighted by Gasteiger charge is -2.10. The molecule has 0 bridgehead atoms. The second-order valence-electron chi connectivity index (χ2n) is 5.75. The predicted octanol–water partition coefficient (Wildman–Crippen LogP) is 4.37. The van der Waals surface area contributed by atoms with E-state index in [2.05, 4.69) is 11.6 Å². The van der Waals surface area contributed by atoms with Crippen LogP contribution in [0.2, 0.25) is 0 Å². The highest BCUT2D eigenvalue weighted by Gasteiger charge is 2.18. The summed E-state index contributed by atoms with van der Waals surface area (Å²) >= 11 is 2.60. The molecule has 0 aliphatic heterocycles. The molecule has 7 heteroatoms. The average Bonchev–Trinajstić information content (AvgIpc) is 2.90. The van der Waals surface area contributed by atoms with Gasteiger partial charge in [0.25, 0.3) is 5.56 Å². The largest absolute Gasteiger partial charge is 0.293 e. The molecule has 4 nitrogen and oxygen atoms in total. The third-order valence-electron chi connectivity index (χ3n) is 4.07. The third-order valence-corrected chi connectivity index (χ3v) is 6.15. The lowest BCUT2D eigenvalue weighted by Crippen LogP contribution is -2.23. The number of hydrogen-bond acceptors (Lipinski definition) is 5. The van der Waals surface area contributed by atoms with Gasteiger partial charge in [-0.1, -0.05) is 30.0 Å². The van der Waals surface area contributed by atoms with Gasteiger partial charge in [-0.2, -0.15) is 0 Å². The van der Waals surface area contributed by atoms with Gasteiger partial charge in [-0.25, -0.2) is 9.37 Å². The fraction of sp³-hybridized carbons (Fsp3) is 0.211. The van der Waals surface area contributed by atoms with Gasteiger partial charge in [-0.05, 0) is 31.5 Å². The van der Waals surface area contributed by atoms with E-state index in [9.17, 15) is 14.0 Å². The van der Waals surface area contributed by atoms with Gasteiger partial charge in [0.15, 0.2) is 10.9 Å². The number of aryl methyl sites for hydroxylation is 2. The first-order valence-corrected chi connectivity index (χ1v) is 9.76. The highest BCUT2D eigenvalue weighted by atomic mass is 32.2. The number of carbonyl (C=O) groups is 1. The Morgan fingerprint density at radius 1 is 1.38 bits per heavy atom. The van der Waals surface area contributed by atoms with Crippen LogP contribution in [-0.4, -0.2) is 21.1 Å². The number of thioether (sulfide) groups is 1. The number of allylic oxidation sites excluding steroid dienone is 1. The zero-order valence-electron chi connectivity index (χ0n) is 14.4. The fourth-order valence-electron chi connectivity index (χ4n) is 2.60. The second kappa shape index (κ2) is 7.55. The van der Waals surface area contributed by atoms with Crippen molar-refractivity contribution in [1.29, 1.82) is 0 Å². The van der Waals surface area contributed by atoms with E-state index in [1.807, 2.05) is 13.8 Å². The minimum absolute atomic E-state index is 0.000633. The predicted molar refractivity (Wildman–Crippen MR) is 105 cm³/mol. The Bertz CT molecular complexity index is 1070. The summed E-state index contributed by atoms with van der Waals surface area (Å²) in [6, 6.07) is 5.87. The first kappa shape index (κ1) is 18.5. The van der Waals surface area contributed by atoms with Crippen LogP contribution < -0.4 is 5.56 Å². The lowest BCUT2D eigenvalue weighted by atomic mass is 10.1. The van der Waals surface area contributed by atoms with E-state index >= 15 is 0 Å². The number of ketones is 1. The maximum absolute atomic E-state index is 13.8. The van der Waals surface area contributed by atoms with Gasteiger partial charge in [-0.3, -0.25) is 14.2 Å². The van der Waals surface area contributed by atoms with Crippen molar-refractivity contribution in [2.24, 2.45) is 0 Å². The molecule has 0 atom stereocenters. The second-order valence-corrected chi connectivity index (χ2v) is 7.90. The monoisotopic (exact) mass is 388 g/mol. The number of fused-ring (bicyclic) bond motifs is 1. The SMILES string of the molecule is C=CCn1c(SCC(=O)c2ccccc2F)nc2sc(C)c(C)c2c1=O. The topological polar surface area (TPSA) is 52.0 Å². The molecule has 0 amide bonds. The third kappa shape index (κ3) is 3.37. The van der Waals surface area contributed by atoms with Crippen LogP contribution >= 0.6 is 23.1 Å². The van der Waals surface area contributed by atoms with E-state index in [0.29, 0.717) is 21.9 Å². The number of benzene rings is 1. The number of halogens is 1. The molecule has 1 aromatic carbocycles. The Morgan fingerprint density at radius 2 is 2.12 bits per heavy atom. The Labute approximate surface area is 158 Å². The molecular weight excluding hydrogens is 371 g/mol. The summed E-state index contributed by atoms with van der Waals surface area (Å²) in [7, 11) is 0. The van der Waals surface area contributed by atoms with Crippen LogP contribution in [-0.2, 0) is 6.54 Å². The van der Waals surface area contributed by atoms with Gasteiger partial charge in [0, 0.05) is 11.4 Å². The van der Waals surface area contributed by atoms with Crippen LogP contribution in [0.3, 0.4) is 0 Å². The van der Waals surface area contributed by atoms with Gasteiger partial charge in [0.1, 0.15) is 10.6 Å². The molecule has 3 aromatic rings. The minimum atomic E-state index is -0.547. The van der Waals surface area contributed by atoms with E-state index in [4.69, 9.17) is 0 Å². The first-order valence-electron chi connectivity index (χ1n) is 7.96. The molecule has 26 heavy (non-hydrogen) atoms. The lowest BCUT2D eigenvalue weighted by molar-refractivity contribution is 0.101. The van der Waals surface area contributed by atoms with E-state index in [1.54, 1.807) is 12.1 Å². The summed E-state index contributed by atoms with van der Waals surface area (Å²) < 4.78 is 15.3. The Morgan fingerprint density at radius 3 is 2.81 bits per heavy atom. The van der Waals surface area contributed by atoms with Crippen molar-refractivity contribution in [1.82, 2.24) is 9.55 Å². The maximum atomic E-state index is 13.8. The van der Waals surface area contributed by atoms with E-state index in [-0.39, 0.29) is 22.7 Å². The van der Waals surface area contributed by atoms with Gasteiger partial charge >= 0.3 is 0 Å². The average molecular weight is 388 g/mol. The van der Waals surface area contributed by atoms with E-state index in [0.717, 1.165) is 22.2 Å². The highest BCUT2D eigenvalue weighted by Crippen LogP contribution is 2.28. The molecule has 0 saturated carbocycles. The zero-order valence-corrected chi connectivity index (χ0v) is 16.0. The standard InChI is InChI=1S/C19H17FN2O2S2/c1-4-9-22-18(24)16-11(2)12(3)26-17(16)21-19(22)25-10-15(23)13-7-5-6-8-14(13)20/h4-8H,1,9-10H2,2-3H3. The van der Waals surface area contributed by atoms with Crippen LogP contribution in [0.25, 0.3) is 10.2 Å². The van der Waals surface area contributed by atoms with Gasteiger partial charge in [0.05, 0.1) is 16.7 Å². The summed E-state index contributed by atoms with van der Waals surface area (Å²) in [5.41, 5.74) is 0.832. The number of carbonyl (C=O) groups excluding carboxylic acids is 1. The zero-order chi connectivity index (χ0) is 18.8. The molecule has 0 aliphatic rings. The van der Waals surface area contributed by atoms with Gasteiger partial charge in [-0.15, -0.1) is 17.9 Å². The molecule has 3 rings (SSSR count). The minimum Gasteiger partial charge on any atom is -0.293 e. The van der Waals surface area contributed by atoms with Crippen molar-refractivity contribution in [2.45, 2.75) is 25.5 Å². The number of hydrogen-bond donors (Lipinski definition) is 0. The molecule has 2 heterocycles. The van der Waals surface area contributed by atoms with Crippen LogP contribution in [0.5, 0.6) is 0 Å². The Balaban J connectivity index is 1.98. The van der Waals surface area contributed by atoms with Gasteiger partial charge < -0.3 is 0 Å². The summed E-state index contributed by atoms with van der Waals surface area (Å²) in [5, 5.41) is 1.05. The molecule has 0 saturated heterocycles. The number of Topliss-reactive ketones (excluding diaryl/α,β-unsaturated/α-hetero) is 1. The molecule has 2 aromatic heterocycles. The normalized spacial score (nSPS) is 11.0. The fourth-order valence-corrected chi connectivity index (χ4v) is 4.57. The Hall–Kier alpha value is -2.25. The number of thiophene rings is 1. The summed E-state index contributed by atoms with van der Waals surface area (Å²) in [4.78, 5) is 31.5. The number of aromatic nitrogens is 2. The molecule has 0 radical (unpaired) electrons. The first-order chi connectivity index (χ1) is 12.4. The van der Waals surface area contributed by atoms with E-state index in [1.165, 1.54) is 34.1 Å². The van der Waals surface area contributed by atoms with Crippen LogP contribution in [0.15, 0.2) is 46.9 Å². The van der Waals surface area contributed by atoms with Crippen molar-refractivity contribution in [3.05, 3.63) is 69.1 Å². The van der Waals surface area contributed by atoms with Crippen molar-refractivity contribution in [3.8, 4) is 0 Å². The van der Waals surface area contributed by atoms with E-state index < -0.39 is 5.82 Å². The molecule has 0 aliphatic carbocycles. The molecule has 0 fully saturated rings. The molecule has 0 spiro atoms. The summed E-state index contributed by atoms with van der Waals surface area (Å²) in [6.07, 6.45) is 1.62. The van der Waals surface area contributed by atoms with Crippen molar-refractivity contribution >= 4 is 39.1 Å². The van der Waals surface area contributed by atoms with Crippen molar-refractivity contribution < 1.29 is 9.18 Å². The van der Waals surface area contributed by atoms with Crippen LogP contribution in [0.4, 0.5) is 4.39 Å².